The molecule has 0 saturated carbocycles. The molecule has 27 heavy (non-hydrogen) atoms. The Morgan fingerprint density at radius 1 is 1.26 bits per heavy atom. The van der Waals surface area contributed by atoms with E-state index in [2.05, 4.69) is 5.32 Å². The number of carbonyl (C=O) groups excluding carboxylic acids is 1. The lowest BCUT2D eigenvalue weighted by Crippen LogP contribution is -2.40. The first kappa shape index (κ1) is 19.3. The number of anilines is 1. The summed E-state index contributed by atoms with van der Waals surface area (Å²) in [6.45, 7) is 0.525. The molecule has 1 atom stereocenters. The van der Waals surface area contributed by atoms with Crippen molar-refractivity contribution in [3.8, 4) is 11.5 Å². The van der Waals surface area contributed by atoms with Crippen LogP contribution >= 0.6 is 11.6 Å². The molecule has 144 valence electrons. The summed E-state index contributed by atoms with van der Waals surface area (Å²) in [4.78, 5) is 12.5. The summed E-state index contributed by atoms with van der Waals surface area (Å²) < 4.78 is 35.9. The average Bonchev–Trinajstić information content (AvgIpc) is 2.65. The number of nitrogens with zero attached hydrogens (tertiary/aromatic N) is 1. The van der Waals surface area contributed by atoms with Crippen molar-refractivity contribution in [3.05, 3.63) is 53.1 Å². The predicted octanol–water partition coefficient (Wildman–Crippen LogP) is 2.31. The molecule has 2 aromatic rings. The molecular formula is C18H19ClN2O5S. The maximum Gasteiger partial charge on any atom is 0.253 e. The van der Waals surface area contributed by atoms with Crippen LogP contribution in [0.5, 0.6) is 11.5 Å². The number of fused-ring (bicyclic) bond motifs is 1. The van der Waals surface area contributed by atoms with Crippen LogP contribution in [0.25, 0.3) is 0 Å². The minimum atomic E-state index is -3.45. The zero-order chi connectivity index (χ0) is 19.6. The predicted molar refractivity (Wildman–Crippen MR) is 103 cm³/mol. The number of halogens is 1. The Morgan fingerprint density at radius 3 is 2.67 bits per heavy atom. The van der Waals surface area contributed by atoms with E-state index in [0.29, 0.717) is 23.8 Å². The lowest BCUT2D eigenvalue weighted by molar-refractivity contribution is 0.0789. The summed E-state index contributed by atoms with van der Waals surface area (Å²) in [7, 11) is -2.04. The van der Waals surface area contributed by atoms with Gasteiger partial charge in [-0.15, -0.1) is 0 Å². The van der Waals surface area contributed by atoms with Gasteiger partial charge in [0.25, 0.3) is 5.91 Å². The third-order valence-electron chi connectivity index (χ3n) is 4.11. The molecule has 0 fully saturated rings. The van der Waals surface area contributed by atoms with E-state index in [-0.39, 0.29) is 23.2 Å². The van der Waals surface area contributed by atoms with E-state index < -0.39 is 15.9 Å². The quantitative estimate of drug-likeness (QED) is 0.817. The zero-order valence-electron chi connectivity index (χ0n) is 14.8. The van der Waals surface area contributed by atoms with Crippen LogP contribution in [-0.4, -0.2) is 46.9 Å². The Morgan fingerprint density at radius 2 is 1.96 bits per heavy atom. The Labute approximate surface area is 162 Å². The van der Waals surface area contributed by atoms with Crippen LogP contribution in [0.3, 0.4) is 0 Å². The average molecular weight is 411 g/mol. The Balaban J connectivity index is 1.68. The van der Waals surface area contributed by atoms with Gasteiger partial charge < -0.3 is 14.8 Å². The normalized spacial score (nSPS) is 15.9. The summed E-state index contributed by atoms with van der Waals surface area (Å²) in [6, 6.07) is 11.8. The van der Waals surface area contributed by atoms with E-state index in [0.717, 1.165) is 10.6 Å². The summed E-state index contributed by atoms with van der Waals surface area (Å²) in [6.07, 6.45) is 0.740. The maximum absolute atomic E-state index is 12.5. The van der Waals surface area contributed by atoms with Crippen molar-refractivity contribution < 1.29 is 22.7 Å². The third kappa shape index (κ3) is 4.45. The molecule has 0 spiro atoms. The van der Waals surface area contributed by atoms with E-state index in [4.69, 9.17) is 21.1 Å². The van der Waals surface area contributed by atoms with E-state index in [9.17, 15) is 13.2 Å². The van der Waals surface area contributed by atoms with Crippen LogP contribution < -0.4 is 19.1 Å². The standard InChI is InChI=1S/C18H19ClN2O5S/c1-21(27(2,23)24)12-7-8-15(19)14(9-12)18(22)20-10-13-11-25-16-5-3-4-6-17(16)26-13/h3-9,13H,10-11H2,1-2H3,(H,20,22)/t13-/m0/s1. The van der Waals surface area contributed by atoms with E-state index in [1.54, 1.807) is 6.07 Å². The van der Waals surface area contributed by atoms with Gasteiger partial charge in [-0.3, -0.25) is 9.10 Å². The molecule has 1 amide bonds. The van der Waals surface area contributed by atoms with Crippen molar-refractivity contribution in [3.63, 3.8) is 0 Å². The summed E-state index contributed by atoms with van der Waals surface area (Å²) in [5.74, 6) is 0.864. The van der Waals surface area contributed by atoms with Crippen molar-refractivity contribution in [1.82, 2.24) is 5.32 Å². The molecule has 9 heteroatoms. The molecule has 1 heterocycles. The number of sulfonamides is 1. The van der Waals surface area contributed by atoms with Gasteiger partial charge in [0.05, 0.1) is 29.1 Å². The maximum atomic E-state index is 12.5. The summed E-state index contributed by atoms with van der Waals surface area (Å²) in [5, 5.41) is 2.98. The smallest absolute Gasteiger partial charge is 0.253 e. The molecule has 0 radical (unpaired) electrons. The van der Waals surface area contributed by atoms with Crippen LogP contribution in [0.4, 0.5) is 5.69 Å². The van der Waals surface area contributed by atoms with Gasteiger partial charge in [-0.2, -0.15) is 0 Å². The van der Waals surface area contributed by atoms with Gasteiger partial charge >= 0.3 is 0 Å². The first-order valence-electron chi connectivity index (χ1n) is 8.16. The number of nitrogens with one attached hydrogen (secondary N) is 1. The molecule has 0 bridgehead atoms. The van der Waals surface area contributed by atoms with Crippen LogP contribution in [0.2, 0.25) is 5.02 Å². The molecule has 1 aliphatic heterocycles. The monoisotopic (exact) mass is 410 g/mol. The van der Waals surface area contributed by atoms with E-state index >= 15 is 0 Å². The van der Waals surface area contributed by atoms with Gasteiger partial charge in [-0.25, -0.2) is 8.42 Å². The first-order chi connectivity index (χ1) is 12.8. The number of hydrogen-bond acceptors (Lipinski definition) is 5. The van der Waals surface area contributed by atoms with Gasteiger partial charge in [0.1, 0.15) is 12.7 Å². The number of rotatable bonds is 5. The first-order valence-corrected chi connectivity index (χ1v) is 10.4. The van der Waals surface area contributed by atoms with Gasteiger partial charge in [0.15, 0.2) is 11.5 Å². The van der Waals surface area contributed by atoms with Gasteiger partial charge in [0, 0.05) is 7.05 Å². The highest BCUT2D eigenvalue weighted by Gasteiger charge is 2.22. The topological polar surface area (TPSA) is 84.9 Å². The molecule has 0 unspecified atom stereocenters. The van der Waals surface area contributed by atoms with E-state index in [1.165, 1.54) is 25.2 Å². The zero-order valence-corrected chi connectivity index (χ0v) is 16.4. The summed E-state index contributed by atoms with van der Waals surface area (Å²) >= 11 is 6.11. The summed E-state index contributed by atoms with van der Waals surface area (Å²) in [5.41, 5.74) is 0.528. The largest absolute Gasteiger partial charge is 0.486 e. The van der Waals surface area contributed by atoms with Crippen molar-refractivity contribution in [1.29, 1.82) is 0 Å². The second-order valence-corrected chi connectivity index (χ2v) is 8.52. The minimum Gasteiger partial charge on any atom is -0.486 e. The number of benzene rings is 2. The van der Waals surface area contributed by atoms with Crippen molar-refractivity contribution >= 4 is 33.2 Å². The van der Waals surface area contributed by atoms with Crippen molar-refractivity contribution in [2.75, 3.05) is 30.8 Å². The SMILES string of the molecule is CN(c1ccc(Cl)c(C(=O)NC[C@H]2COc3ccccc3O2)c1)S(C)(=O)=O. The number of amides is 1. The number of hydrogen-bond donors (Lipinski definition) is 1. The molecule has 2 aromatic carbocycles. The van der Waals surface area contributed by atoms with E-state index in [1.807, 2.05) is 18.2 Å². The minimum absolute atomic E-state index is 0.182. The lowest BCUT2D eigenvalue weighted by Gasteiger charge is -2.26. The fourth-order valence-corrected chi connectivity index (χ4v) is 3.24. The fraction of sp³-hybridized carbons (Fsp3) is 0.278. The highest BCUT2D eigenvalue weighted by Crippen LogP contribution is 2.30. The third-order valence-corrected chi connectivity index (χ3v) is 5.65. The Hall–Kier alpha value is -2.45. The highest BCUT2D eigenvalue weighted by atomic mass is 35.5. The second kappa shape index (κ2) is 7.66. The molecule has 7 nitrogen and oxygen atoms in total. The highest BCUT2D eigenvalue weighted by molar-refractivity contribution is 7.92. The molecular weight excluding hydrogens is 392 g/mol. The Kier molecular flexibility index (Phi) is 5.48. The van der Waals surface area contributed by atoms with Crippen LogP contribution in [0.1, 0.15) is 10.4 Å². The molecule has 0 aliphatic carbocycles. The number of carbonyl (C=O) groups is 1. The lowest BCUT2D eigenvalue weighted by atomic mass is 10.2. The molecule has 0 aromatic heterocycles. The van der Waals surface area contributed by atoms with Gasteiger partial charge in [-0.05, 0) is 30.3 Å². The van der Waals surface area contributed by atoms with Crippen LogP contribution in [-0.2, 0) is 10.0 Å². The molecule has 1 aliphatic rings. The van der Waals surface area contributed by atoms with Crippen molar-refractivity contribution in [2.24, 2.45) is 0 Å². The fourth-order valence-electron chi connectivity index (χ4n) is 2.54. The van der Waals surface area contributed by atoms with Crippen molar-refractivity contribution in [2.45, 2.75) is 6.10 Å². The van der Waals surface area contributed by atoms with Gasteiger partial charge in [-0.1, -0.05) is 23.7 Å². The van der Waals surface area contributed by atoms with Gasteiger partial charge in [0.2, 0.25) is 10.0 Å². The molecule has 3 rings (SSSR count). The van der Waals surface area contributed by atoms with Crippen LogP contribution in [0, 0.1) is 0 Å². The molecule has 0 saturated heterocycles. The van der Waals surface area contributed by atoms with Crippen LogP contribution in [0.15, 0.2) is 42.5 Å². The molecule has 1 N–H and O–H groups in total. The number of para-hydroxylation sites is 2. The second-order valence-electron chi connectivity index (χ2n) is 6.10. The number of ether oxygens (including phenoxy) is 2. The Bertz CT molecular complexity index is 964.